The van der Waals surface area contributed by atoms with Gasteiger partial charge in [-0.05, 0) is 47.3 Å². The highest BCUT2D eigenvalue weighted by Crippen LogP contribution is 2.30. The van der Waals surface area contributed by atoms with E-state index >= 15 is 0 Å². The SMILES string of the molecule is COCCNCC1CCCN1c1ncc(C)cc1Br. The lowest BCUT2D eigenvalue weighted by Crippen LogP contribution is -2.39. The van der Waals surface area contributed by atoms with Crippen LogP contribution >= 0.6 is 15.9 Å². The standard InChI is InChI=1S/C14H22BrN3O/c1-11-8-13(15)14(17-9-11)18-6-3-4-12(18)10-16-5-7-19-2/h8-9,12,16H,3-7,10H2,1-2H3. The van der Waals surface area contributed by atoms with E-state index in [0.29, 0.717) is 6.04 Å². The molecule has 1 aliphatic rings. The fourth-order valence-corrected chi connectivity index (χ4v) is 3.20. The van der Waals surface area contributed by atoms with Gasteiger partial charge in [-0.2, -0.15) is 0 Å². The van der Waals surface area contributed by atoms with Gasteiger partial charge in [0.05, 0.1) is 11.1 Å². The minimum Gasteiger partial charge on any atom is -0.383 e. The number of aromatic nitrogens is 1. The minimum absolute atomic E-state index is 0.531. The van der Waals surface area contributed by atoms with Crippen molar-refractivity contribution >= 4 is 21.7 Å². The van der Waals surface area contributed by atoms with Crippen molar-refractivity contribution in [3.05, 3.63) is 22.3 Å². The second-order valence-corrected chi connectivity index (χ2v) is 5.86. The Labute approximate surface area is 123 Å². The normalized spacial score (nSPS) is 19.1. The number of anilines is 1. The molecule has 106 valence electrons. The molecule has 1 atom stereocenters. The van der Waals surface area contributed by atoms with Crippen LogP contribution in [0.1, 0.15) is 18.4 Å². The number of halogens is 1. The van der Waals surface area contributed by atoms with Crippen LogP contribution in [0.15, 0.2) is 16.7 Å². The van der Waals surface area contributed by atoms with Gasteiger partial charge in [0.25, 0.3) is 0 Å². The molecule has 4 nitrogen and oxygen atoms in total. The Bertz CT molecular complexity index is 414. The number of ether oxygens (including phenoxy) is 1. The fraction of sp³-hybridized carbons (Fsp3) is 0.643. The molecule has 0 bridgehead atoms. The number of methoxy groups -OCH3 is 1. The lowest BCUT2D eigenvalue weighted by Gasteiger charge is -2.27. The highest BCUT2D eigenvalue weighted by molar-refractivity contribution is 9.10. The number of hydrogen-bond acceptors (Lipinski definition) is 4. The van der Waals surface area contributed by atoms with Crippen LogP contribution in [0, 0.1) is 6.92 Å². The number of pyridine rings is 1. The first-order valence-electron chi connectivity index (χ1n) is 6.81. The van der Waals surface area contributed by atoms with Crippen LogP contribution in [0.5, 0.6) is 0 Å². The van der Waals surface area contributed by atoms with Gasteiger partial charge in [0.1, 0.15) is 5.82 Å². The van der Waals surface area contributed by atoms with E-state index in [1.54, 1.807) is 7.11 Å². The molecule has 1 aliphatic heterocycles. The summed E-state index contributed by atoms with van der Waals surface area (Å²) in [6, 6.07) is 2.67. The summed E-state index contributed by atoms with van der Waals surface area (Å²) in [5, 5.41) is 3.45. The summed E-state index contributed by atoms with van der Waals surface area (Å²) in [7, 11) is 1.73. The Morgan fingerprint density at radius 1 is 1.58 bits per heavy atom. The van der Waals surface area contributed by atoms with E-state index in [4.69, 9.17) is 4.74 Å². The van der Waals surface area contributed by atoms with Crippen molar-refractivity contribution in [2.75, 3.05) is 38.3 Å². The van der Waals surface area contributed by atoms with E-state index in [1.165, 1.54) is 18.4 Å². The molecular weight excluding hydrogens is 306 g/mol. The second-order valence-electron chi connectivity index (χ2n) is 5.00. The first-order chi connectivity index (χ1) is 9.22. The van der Waals surface area contributed by atoms with Crippen molar-refractivity contribution in [2.24, 2.45) is 0 Å². The fourth-order valence-electron chi connectivity index (χ4n) is 2.51. The molecular formula is C14H22BrN3O. The topological polar surface area (TPSA) is 37.4 Å². The number of hydrogen-bond donors (Lipinski definition) is 1. The lowest BCUT2D eigenvalue weighted by molar-refractivity contribution is 0.199. The van der Waals surface area contributed by atoms with E-state index in [2.05, 4.69) is 44.1 Å². The quantitative estimate of drug-likeness (QED) is 0.814. The van der Waals surface area contributed by atoms with Gasteiger partial charge in [0, 0.05) is 39.0 Å². The van der Waals surface area contributed by atoms with Crippen molar-refractivity contribution in [3.8, 4) is 0 Å². The number of rotatable bonds is 6. The highest BCUT2D eigenvalue weighted by Gasteiger charge is 2.26. The molecule has 0 aliphatic carbocycles. The summed E-state index contributed by atoms with van der Waals surface area (Å²) < 4.78 is 6.15. The maximum atomic E-state index is 5.05. The predicted octanol–water partition coefficient (Wildman–Crippen LogP) is 2.36. The summed E-state index contributed by atoms with van der Waals surface area (Å²) >= 11 is 3.63. The lowest BCUT2D eigenvalue weighted by atomic mass is 10.2. The van der Waals surface area contributed by atoms with Gasteiger partial charge >= 0.3 is 0 Å². The molecule has 1 fully saturated rings. The number of aryl methyl sites for hydroxylation is 1. The summed E-state index contributed by atoms with van der Waals surface area (Å²) in [5.41, 5.74) is 1.18. The van der Waals surface area contributed by atoms with Crippen molar-refractivity contribution < 1.29 is 4.74 Å². The molecule has 0 saturated carbocycles. The third-order valence-corrected chi connectivity index (χ3v) is 4.05. The molecule has 19 heavy (non-hydrogen) atoms. The average molecular weight is 328 g/mol. The second kappa shape index (κ2) is 7.22. The van der Waals surface area contributed by atoms with E-state index < -0.39 is 0 Å². The summed E-state index contributed by atoms with van der Waals surface area (Å²) in [5.74, 6) is 1.07. The summed E-state index contributed by atoms with van der Waals surface area (Å²) in [6.45, 7) is 5.81. The number of nitrogens with zero attached hydrogens (tertiary/aromatic N) is 2. The largest absolute Gasteiger partial charge is 0.383 e. The molecule has 1 unspecified atom stereocenters. The van der Waals surface area contributed by atoms with E-state index in [9.17, 15) is 0 Å². The van der Waals surface area contributed by atoms with Crippen LogP contribution in [-0.2, 0) is 4.74 Å². The first kappa shape index (κ1) is 14.8. The first-order valence-corrected chi connectivity index (χ1v) is 7.60. The van der Waals surface area contributed by atoms with Gasteiger partial charge in [-0.25, -0.2) is 4.98 Å². The molecule has 1 aromatic rings. The Balaban J connectivity index is 1.97. The van der Waals surface area contributed by atoms with Crippen molar-refractivity contribution in [1.82, 2.24) is 10.3 Å². The van der Waals surface area contributed by atoms with Crippen LogP contribution in [0.25, 0.3) is 0 Å². The van der Waals surface area contributed by atoms with Gasteiger partial charge in [-0.1, -0.05) is 0 Å². The van der Waals surface area contributed by atoms with Crippen molar-refractivity contribution in [3.63, 3.8) is 0 Å². The third-order valence-electron chi connectivity index (χ3n) is 3.47. The Morgan fingerprint density at radius 2 is 2.42 bits per heavy atom. The minimum atomic E-state index is 0.531. The molecule has 1 aromatic heterocycles. The van der Waals surface area contributed by atoms with Gasteiger partial charge in [0.2, 0.25) is 0 Å². The highest BCUT2D eigenvalue weighted by atomic mass is 79.9. The van der Waals surface area contributed by atoms with Crippen LogP contribution < -0.4 is 10.2 Å². The van der Waals surface area contributed by atoms with Gasteiger partial charge < -0.3 is 15.0 Å². The van der Waals surface area contributed by atoms with Crippen LogP contribution in [0.4, 0.5) is 5.82 Å². The number of nitrogens with one attached hydrogen (secondary N) is 1. The maximum Gasteiger partial charge on any atom is 0.143 e. The average Bonchev–Trinajstić information content (AvgIpc) is 2.83. The smallest absolute Gasteiger partial charge is 0.143 e. The molecule has 0 aromatic carbocycles. The Hall–Kier alpha value is -0.650. The van der Waals surface area contributed by atoms with Crippen LogP contribution in [0.3, 0.4) is 0 Å². The molecule has 2 heterocycles. The van der Waals surface area contributed by atoms with Crippen LogP contribution in [-0.4, -0.2) is 44.4 Å². The predicted molar refractivity (Wildman–Crippen MR) is 81.8 cm³/mol. The molecule has 0 amide bonds. The Morgan fingerprint density at radius 3 is 3.16 bits per heavy atom. The molecule has 1 saturated heterocycles. The van der Waals surface area contributed by atoms with Gasteiger partial charge in [0.15, 0.2) is 0 Å². The zero-order valence-electron chi connectivity index (χ0n) is 11.7. The van der Waals surface area contributed by atoms with Crippen molar-refractivity contribution in [1.29, 1.82) is 0 Å². The molecule has 1 N–H and O–H groups in total. The van der Waals surface area contributed by atoms with E-state index in [0.717, 1.165) is 36.5 Å². The molecule has 0 radical (unpaired) electrons. The summed E-state index contributed by atoms with van der Waals surface area (Å²) in [4.78, 5) is 6.99. The zero-order valence-corrected chi connectivity index (χ0v) is 13.2. The van der Waals surface area contributed by atoms with Crippen molar-refractivity contribution in [2.45, 2.75) is 25.8 Å². The van der Waals surface area contributed by atoms with Crippen LogP contribution in [0.2, 0.25) is 0 Å². The monoisotopic (exact) mass is 327 g/mol. The molecule has 2 rings (SSSR count). The summed E-state index contributed by atoms with van der Waals surface area (Å²) in [6.07, 6.45) is 4.40. The Kier molecular flexibility index (Phi) is 5.60. The van der Waals surface area contributed by atoms with Gasteiger partial charge in [-0.15, -0.1) is 0 Å². The molecule has 5 heteroatoms. The third kappa shape index (κ3) is 3.91. The van der Waals surface area contributed by atoms with Gasteiger partial charge in [-0.3, -0.25) is 0 Å². The molecule has 0 spiro atoms. The maximum absolute atomic E-state index is 5.05. The van der Waals surface area contributed by atoms with E-state index in [1.807, 2.05) is 6.20 Å². The zero-order chi connectivity index (χ0) is 13.7. The van der Waals surface area contributed by atoms with E-state index in [-0.39, 0.29) is 0 Å².